The van der Waals surface area contributed by atoms with Crippen molar-refractivity contribution in [3.8, 4) is 0 Å². The van der Waals surface area contributed by atoms with Gasteiger partial charge in [-0.1, -0.05) is 0 Å². The van der Waals surface area contributed by atoms with Crippen LogP contribution < -0.4 is 5.32 Å². The second kappa shape index (κ2) is 5.95. The molecule has 7 nitrogen and oxygen atoms in total. The Morgan fingerprint density at radius 2 is 2.28 bits per heavy atom. The Hall–Kier alpha value is -2.18. The molecule has 0 saturated heterocycles. The molecule has 1 heterocycles. The molecule has 0 bridgehead atoms. The highest BCUT2D eigenvalue weighted by Gasteiger charge is 2.19. The third-order valence-corrected chi connectivity index (χ3v) is 2.62. The first-order valence-electron chi connectivity index (χ1n) is 5.55. The van der Waals surface area contributed by atoms with Crippen molar-refractivity contribution in [2.45, 2.75) is 13.8 Å². The normalized spacial score (nSPS) is 9.94. The second-order valence-electron chi connectivity index (χ2n) is 3.84. The second-order valence-corrected chi connectivity index (χ2v) is 3.84. The summed E-state index contributed by atoms with van der Waals surface area (Å²) in [6.07, 6.45) is 1.47. The summed E-state index contributed by atoms with van der Waals surface area (Å²) in [6, 6.07) is 1.56. The molecule has 0 spiro atoms. The molecule has 7 heteroatoms. The van der Waals surface area contributed by atoms with Gasteiger partial charge in [0.1, 0.15) is 0 Å². The maximum Gasteiger partial charge on any atom is 0.314 e. The number of hydrogen-bond donors (Lipinski definition) is 1. The maximum atomic E-state index is 11.6. The van der Waals surface area contributed by atoms with E-state index in [4.69, 9.17) is 0 Å². The highest BCUT2D eigenvalue weighted by atomic mass is 16.6. The van der Waals surface area contributed by atoms with Crippen LogP contribution >= 0.6 is 0 Å². The summed E-state index contributed by atoms with van der Waals surface area (Å²) in [4.78, 5) is 27.4. The Labute approximate surface area is 105 Å². The molecule has 1 rings (SSSR count). The molecule has 98 valence electrons. The van der Waals surface area contributed by atoms with Crippen molar-refractivity contribution in [1.29, 1.82) is 0 Å². The van der Waals surface area contributed by atoms with E-state index in [1.165, 1.54) is 11.1 Å². The van der Waals surface area contributed by atoms with Gasteiger partial charge in [0, 0.05) is 25.4 Å². The maximum absolute atomic E-state index is 11.6. The minimum Gasteiger partial charge on any atom is -0.355 e. The van der Waals surface area contributed by atoms with Crippen LogP contribution in [0.1, 0.15) is 12.5 Å². The molecule has 1 N–H and O–H groups in total. The topological polar surface area (TPSA) is 88.4 Å². The van der Waals surface area contributed by atoms with Gasteiger partial charge in [-0.15, -0.1) is 0 Å². The number of carbonyl (C=O) groups excluding carboxylic acids is 1. The standard InChI is InChI=1S/C11H16N4O3/c1-4-14(3)9(16)7-13-11-10(15(17)18)8(2)5-6-12-11/h5-6H,4,7H2,1-3H3,(H,12,13). The van der Waals surface area contributed by atoms with Crippen LogP contribution in [0.5, 0.6) is 0 Å². The van der Waals surface area contributed by atoms with Gasteiger partial charge in [0.15, 0.2) is 0 Å². The van der Waals surface area contributed by atoms with Crippen molar-refractivity contribution < 1.29 is 9.72 Å². The van der Waals surface area contributed by atoms with Crippen molar-refractivity contribution in [3.63, 3.8) is 0 Å². The van der Waals surface area contributed by atoms with Crippen LogP contribution in [-0.4, -0.2) is 40.9 Å². The number of aryl methyl sites for hydroxylation is 1. The number of pyridine rings is 1. The molecule has 0 radical (unpaired) electrons. The first-order valence-corrected chi connectivity index (χ1v) is 5.55. The fourth-order valence-electron chi connectivity index (χ4n) is 1.38. The average molecular weight is 252 g/mol. The van der Waals surface area contributed by atoms with Crippen LogP contribution in [0.4, 0.5) is 11.5 Å². The quantitative estimate of drug-likeness (QED) is 0.628. The summed E-state index contributed by atoms with van der Waals surface area (Å²) in [6.45, 7) is 4.06. The van der Waals surface area contributed by atoms with E-state index in [2.05, 4.69) is 10.3 Å². The molecule has 0 unspecified atom stereocenters. The summed E-state index contributed by atoms with van der Waals surface area (Å²) in [5.41, 5.74) is 0.415. The lowest BCUT2D eigenvalue weighted by Gasteiger charge is -2.15. The summed E-state index contributed by atoms with van der Waals surface area (Å²) < 4.78 is 0. The molecule has 0 aliphatic rings. The smallest absolute Gasteiger partial charge is 0.314 e. The number of carbonyl (C=O) groups is 1. The molecule has 0 aromatic carbocycles. The predicted molar refractivity (Wildman–Crippen MR) is 67.4 cm³/mol. The van der Waals surface area contributed by atoms with E-state index in [0.29, 0.717) is 12.1 Å². The van der Waals surface area contributed by atoms with Gasteiger partial charge in [-0.05, 0) is 19.9 Å². The van der Waals surface area contributed by atoms with Gasteiger partial charge < -0.3 is 10.2 Å². The highest BCUT2D eigenvalue weighted by molar-refractivity contribution is 5.81. The molecule has 1 aromatic rings. The number of nitrogens with zero attached hydrogens (tertiary/aromatic N) is 3. The number of rotatable bonds is 5. The fourth-order valence-corrected chi connectivity index (χ4v) is 1.38. The summed E-state index contributed by atoms with van der Waals surface area (Å²) in [5.74, 6) is -0.0204. The van der Waals surface area contributed by atoms with Crippen molar-refractivity contribution >= 4 is 17.4 Å². The molecule has 0 aliphatic carbocycles. The van der Waals surface area contributed by atoms with Crippen LogP contribution in [-0.2, 0) is 4.79 Å². The van der Waals surface area contributed by atoms with Crippen molar-refractivity contribution in [2.75, 3.05) is 25.5 Å². The number of hydrogen-bond acceptors (Lipinski definition) is 5. The van der Waals surface area contributed by atoms with Gasteiger partial charge in [0.2, 0.25) is 11.7 Å². The van der Waals surface area contributed by atoms with Gasteiger partial charge in [0.25, 0.3) is 0 Å². The van der Waals surface area contributed by atoms with Crippen LogP contribution in [0.25, 0.3) is 0 Å². The Bertz CT molecular complexity index is 462. The molecule has 0 saturated carbocycles. The third-order valence-electron chi connectivity index (χ3n) is 2.62. The van der Waals surface area contributed by atoms with E-state index in [-0.39, 0.29) is 24.0 Å². The van der Waals surface area contributed by atoms with E-state index in [1.54, 1.807) is 20.0 Å². The summed E-state index contributed by atoms with van der Waals surface area (Å²) in [7, 11) is 1.67. The number of aromatic nitrogens is 1. The molecule has 0 aliphatic heterocycles. The number of amides is 1. The van der Waals surface area contributed by atoms with Crippen LogP contribution in [0, 0.1) is 17.0 Å². The fraction of sp³-hybridized carbons (Fsp3) is 0.455. The zero-order chi connectivity index (χ0) is 13.7. The first kappa shape index (κ1) is 13.9. The Kier molecular flexibility index (Phi) is 4.59. The highest BCUT2D eigenvalue weighted by Crippen LogP contribution is 2.25. The van der Waals surface area contributed by atoms with E-state index in [9.17, 15) is 14.9 Å². The summed E-state index contributed by atoms with van der Waals surface area (Å²) in [5, 5.41) is 13.6. The lowest BCUT2D eigenvalue weighted by molar-refractivity contribution is -0.384. The zero-order valence-corrected chi connectivity index (χ0v) is 10.6. The first-order chi connectivity index (χ1) is 8.47. The monoisotopic (exact) mass is 252 g/mol. The van der Waals surface area contributed by atoms with Crippen molar-refractivity contribution in [2.24, 2.45) is 0 Å². The molecule has 1 aromatic heterocycles. The molecule has 18 heavy (non-hydrogen) atoms. The van der Waals surface area contributed by atoms with E-state index < -0.39 is 4.92 Å². The average Bonchev–Trinajstić information content (AvgIpc) is 2.34. The van der Waals surface area contributed by atoms with Gasteiger partial charge in [-0.2, -0.15) is 0 Å². The SMILES string of the molecule is CCN(C)C(=O)CNc1nccc(C)c1[N+](=O)[O-]. The van der Waals surface area contributed by atoms with E-state index >= 15 is 0 Å². The molecule has 0 fully saturated rings. The molecular weight excluding hydrogens is 236 g/mol. The Balaban J connectivity index is 2.83. The van der Waals surface area contributed by atoms with Crippen LogP contribution in [0.2, 0.25) is 0 Å². The number of likely N-dealkylation sites (N-methyl/N-ethyl adjacent to an activating group) is 1. The minimum atomic E-state index is -0.501. The number of nitrogens with one attached hydrogen (secondary N) is 1. The van der Waals surface area contributed by atoms with E-state index in [0.717, 1.165) is 0 Å². The van der Waals surface area contributed by atoms with Gasteiger partial charge in [-0.25, -0.2) is 4.98 Å². The minimum absolute atomic E-state index is 0.0123. The molecular formula is C11H16N4O3. The number of anilines is 1. The van der Waals surface area contributed by atoms with Crippen molar-refractivity contribution in [3.05, 3.63) is 27.9 Å². The van der Waals surface area contributed by atoms with Crippen LogP contribution in [0.15, 0.2) is 12.3 Å². The lowest BCUT2D eigenvalue weighted by atomic mass is 10.2. The number of nitro groups is 1. The largest absolute Gasteiger partial charge is 0.355 e. The third kappa shape index (κ3) is 3.16. The van der Waals surface area contributed by atoms with Gasteiger partial charge >= 0.3 is 5.69 Å². The van der Waals surface area contributed by atoms with Gasteiger partial charge in [0.05, 0.1) is 11.5 Å². The van der Waals surface area contributed by atoms with Crippen LogP contribution in [0.3, 0.4) is 0 Å². The van der Waals surface area contributed by atoms with Gasteiger partial charge in [-0.3, -0.25) is 14.9 Å². The lowest BCUT2D eigenvalue weighted by Crippen LogP contribution is -2.32. The summed E-state index contributed by atoms with van der Waals surface area (Å²) >= 11 is 0. The zero-order valence-electron chi connectivity index (χ0n) is 10.6. The Morgan fingerprint density at radius 1 is 1.61 bits per heavy atom. The predicted octanol–water partition coefficient (Wildman–Crippen LogP) is 1.19. The molecule has 0 atom stereocenters. The van der Waals surface area contributed by atoms with E-state index in [1.807, 2.05) is 6.92 Å². The Morgan fingerprint density at radius 3 is 2.83 bits per heavy atom. The molecule has 1 amide bonds. The van der Waals surface area contributed by atoms with Crippen molar-refractivity contribution in [1.82, 2.24) is 9.88 Å².